The minimum Gasteiger partial charge on any atom is -0.492 e. The fourth-order valence-corrected chi connectivity index (χ4v) is 2.67. The summed E-state index contributed by atoms with van der Waals surface area (Å²) in [5.74, 6) is -0.0968. The average Bonchev–Trinajstić information content (AvgIpc) is 3.01. The third-order valence-corrected chi connectivity index (χ3v) is 3.76. The van der Waals surface area contributed by atoms with Gasteiger partial charge in [0.25, 0.3) is 0 Å². The molecule has 0 saturated carbocycles. The second-order valence-corrected chi connectivity index (χ2v) is 4.95. The van der Waals surface area contributed by atoms with Gasteiger partial charge in [-0.1, -0.05) is 0 Å². The van der Waals surface area contributed by atoms with Gasteiger partial charge in [-0.15, -0.1) is 0 Å². The van der Waals surface area contributed by atoms with Gasteiger partial charge in [0.05, 0.1) is 12.2 Å². The lowest BCUT2D eigenvalue weighted by Gasteiger charge is -1.97. The zero-order valence-electron chi connectivity index (χ0n) is 9.78. The van der Waals surface area contributed by atoms with E-state index in [4.69, 9.17) is 0 Å². The molecule has 0 amide bonds. The Balaban J connectivity index is 2.02. The molecule has 1 aliphatic heterocycles. The molecule has 0 aliphatic carbocycles. The standard InChI is InChI=1S/C10H11N5O2S/c1-13-5-6-18-10(13)12-11-7-8(16)14-3-2-4-15(14)9(7)17/h5-6H,2-4H2,1H3/p+1. The SMILES string of the molecule is C[n+]1ccsc1/N=N/c1c(O)n2n(c1=O)CCC2. The summed E-state index contributed by atoms with van der Waals surface area (Å²) in [6, 6.07) is 0. The molecule has 3 rings (SSSR count). The lowest BCUT2D eigenvalue weighted by atomic mass is 10.4. The third kappa shape index (κ3) is 1.57. The number of fused-ring (bicyclic) bond motifs is 1. The van der Waals surface area contributed by atoms with Gasteiger partial charge >= 0.3 is 10.7 Å². The minimum absolute atomic E-state index is 0.0168. The van der Waals surface area contributed by atoms with Gasteiger partial charge in [-0.3, -0.25) is 4.79 Å². The topological polar surface area (TPSA) is 75.8 Å². The van der Waals surface area contributed by atoms with E-state index in [-0.39, 0.29) is 17.1 Å². The van der Waals surface area contributed by atoms with Crippen LogP contribution in [-0.2, 0) is 20.1 Å². The Bertz CT molecular complexity index is 681. The molecule has 2 aromatic rings. The zero-order valence-corrected chi connectivity index (χ0v) is 10.6. The molecule has 2 aromatic heterocycles. The van der Waals surface area contributed by atoms with E-state index in [0.717, 1.165) is 6.42 Å². The predicted octanol–water partition coefficient (Wildman–Crippen LogP) is 1.06. The highest BCUT2D eigenvalue weighted by molar-refractivity contribution is 7.12. The second kappa shape index (κ2) is 4.05. The maximum absolute atomic E-state index is 12.0. The summed E-state index contributed by atoms with van der Waals surface area (Å²) in [6.07, 6.45) is 2.71. The van der Waals surface area contributed by atoms with E-state index < -0.39 is 0 Å². The van der Waals surface area contributed by atoms with Crippen molar-refractivity contribution >= 4 is 22.2 Å². The number of hydrogen-bond acceptors (Lipinski definition) is 5. The normalized spacial score (nSPS) is 14.5. The first-order valence-corrected chi connectivity index (χ1v) is 6.44. The summed E-state index contributed by atoms with van der Waals surface area (Å²) < 4.78 is 4.84. The van der Waals surface area contributed by atoms with Gasteiger partial charge in [0, 0.05) is 18.5 Å². The number of azo groups is 1. The summed E-state index contributed by atoms with van der Waals surface area (Å²) in [7, 11) is 1.84. The van der Waals surface area contributed by atoms with E-state index in [1.807, 2.05) is 18.6 Å². The molecule has 0 atom stereocenters. The van der Waals surface area contributed by atoms with Crippen LogP contribution in [0.3, 0.4) is 0 Å². The predicted molar refractivity (Wildman–Crippen MR) is 64.6 cm³/mol. The van der Waals surface area contributed by atoms with Crippen molar-refractivity contribution in [3.63, 3.8) is 0 Å². The van der Waals surface area contributed by atoms with Crippen molar-refractivity contribution in [2.24, 2.45) is 17.3 Å². The molecule has 1 N–H and O–H groups in total. The number of thiazole rings is 1. The van der Waals surface area contributed by atoms with Gasteiger partial charge in [0.1, 0.15) is 6.20 Å². The first kappa shape index (κ1) is 11.1. The van der Waals surface area contributed by atoms with Gasteiger partial charge < -0.3 is 5.11 Å². The molecule has 0 radical (unpaired) electrons. The highest BCUT2D eigenvalue weighted by Crippen LogP contribution is 2.27. The van der Waals surface area contributed by atoms with E-state index >= 15 is 0 Å². The summed E-state index contributed by atoms with van der Waals surface area (Å²) in [5.41, 5.74) is -0.268. The summed E-state index contributed by atoms with van der Waals surface area (Å²) >= 11 is 1.42. The summed E-state index contributed by atoms with van der Waals surface area (Å²) in [4.78, 5) is 12.0. The van der Waals surface area contributed by atoms with Gasteiger partial charge in [0.2, 0.25) is 11.6 Å². The zero-order chi connectivity index (χ0) is 12.7. The lowest BCUT2D eigenvalue weighted by Crippen LogP contribution is -2.23. The van der Waals surface area contributed by atoms with Crippen LogP contribution in [0.2, 0.25) is 0 Å². The summed E-state index contributed by atoms with van der Waals surface area (Å²) in [5, 5.41) is 20.3. The van der Waals surface area contributed by atoms with Gasteiger partial charge in [-0.25, -0.2) is 13.9 Å². The van der Waals surface area contributed by atoms with Crippen LogP contribution in [0.1, 0.15) is 6.42 Å². The van der Waals surface area contributed by atoms with Crippen molar-refractivity contribution in [2.75, 3.05) is 0 Å². The monoisotopic (exact) mass is 266 g/mol. The fourth-order valence-electron chi connectivity index (χ4n) is 1.99. The molecule has 18 heavy (non-hydrogen) atoms. The number of aromatic nitrogens is 3. The molecule has 1 aliphatic rings. The van der Waals surface area contributed by atoms with Crippen molar-refractivity contribution in [3.8, 4) is 5.88 Å². The van der Waals surface area contributed by atoms with Crippen LogP contribution in [0, 0.1) is 0 Å². The number of hydrogen-bond donors (Lipinski definition) is 1. The first-order valence-electron chi connectivity index (χ1n) is 5.56. The third-order valence-electron chi connectivity index (χ3n) is 2.92. The van der Waals surface area contributed by atoms with Crippen molar-refractivity contribution in [1.82, 2.24) is 9.36 Å². The van der Waals surface area contributed by atoms with Crippen LogP contribution in [0.5, 0.6) is 5.88 Å². The smallest absolute Gasteiger partial charge is 0.408 e. The van der Waals surface area contributed by atoms with Gasteiger partial charge in [-0.05, 0) is 22.9 Å². The molecule has 0 bridgehead atoms. The molecule has 0 saturated heterocycles. The van der Waals surface area contributed by atoms with Crippen LogP contribution in [-0.4, -0.2) is 14.5 Å². The molecule has 3 heterocycles. The average molecular weight is 266 g/mol. The molecule has 0 spiro atoms. The van der Waals surface area contributed by atoms with Crippen LogP contribution < -0.4 is 10.1 Å². The van der Waals surface area contributed by atoms with E-state index in [1.54, 1.807) is 9.25 Å². The highest BCUT2D eigenvalue weighted by Gasteiger charge is 2.24. The van der Waals surface area contributed by atoms with E-state index in [9.17, 15) is 9.90 Å². The Morgan fingerprint density at radius 2 is 2.17 bits per heavy atom. The van der Waals surface area contributed by atoms with Crippen LogP contribution >= 0.6 is 11.3 Å². The molecule has 0 fully saturated rings. The molecular formula is C10H12N5O2S+. The second-order valence-electron chi connectivity index (χ2n) is 4.07. The Morgan fingerprint density at radius 3 is 2.83 bits per heavy atom. The minimum atomic E-state index is -0.284. The largest absolute Gasteiger partial charge is 0.492 e. The van der Waals surface area contributed by atoms with E-state index in [2.05, 4.69) is 10.2 Å². The van der Waals surface area contributed by atoms with Crippen LogP contribution in [0.15, 0.2) is 26.6 Å². The van der Waals surface area contributed by atoms with Crippen molar-refractivity contribution < 1.29 is 9.67 Å². The maximum Gasteiger partial charge on any atom is 0.408 e. The number of nitrogens with zero attached hydrogens (tertiary/aromatic N) is 5. The Labute approximate surface area is 106 Å². The van der Waals surface area contributed by atoms with Crippen LogP contribution in [0.25, 0.3) is 0 Å². The molecule has 0 aromatic carbocycles. The Kier molecular flexibility index (Phi) is 2.51. The van der Waals surface area contributed by atoms with Crippen molar-refractivity contribution in [2.45, 2.75) is 19.5 Å². The quantitative estimate of drug-likeness (QED) is 0.652. The molecule has 7 nitrogen and oxygen atoms in total. The van der Waals surface area contributed by atoms with E-state index in [1.165, 1.54) is 16.0 Å². The number of aryl methyl sites for hydroxylation is 1. The fraction of sp³-hybridized carbons (Fsp3) is 0.400. The first-order chi connectivity index (χ1) is 8.68. The Hall–Kier alpha value is -1.96. The van der Waals surface area contributed by atoms with E-state index in [0.29, 0.717) is 18.2 Å². The van der Waals surface area contributed by atoms with Crippen LogP contribution in [0.4, 0.5) is 10.8 Å². The lowest BCUT2D eigenvalue weighted by molar-refractivity contribution is -0.654. The maximum atomic E-state index is 12.0. The van der Waals surface area contributed by atoms with Gasteiger partial charge in [0.15, 0.2) is 0 Å². The molecule has 8 heteroatoms. The molecule has 94 valence electrons. The number of rotatable bonds is 2. The van der Waals surface area contributed by atoms with Crippen molar-refractivity contribution in [3.05, 3.63) is 21.9 Å². The number of aromatic hydroxyl groups is 1. The summed E-state index contributed by atoms with van der Waals surface area (Å²) in [6.45, 7) is 1.26. The highest BCUT2D eigenvalue weighted by atomic mass is 32.1. The van der Waals surface area contributed by atoms with Gasteiger partial charge in [-0.2, -0.15) is 0 Å². The van der Waals surface area contributed by atoms with Crippen molar-refractivity contribution in [1.29, 1.82) is 0 Å². The molecule has 0 unspecified atom stereocenters. The molecular weight excluding hydrogens is 254 g/mol. The Morgan fingerprint density at radius 1 is 1.39 bits per heavy atom.